The zero-order chi connectivity index (χ0) is 13.8. The Balaban J connectivity index is 2.06. The van der Waals surface area contributed by atoms with Gasteiger partial charge in [-0.15, -0.1) is 0 Å². The molecular weight excluding hydrogens is 254 g/mol. The number of nitrogens with one attached hydrogen (secondary N) is 1. The quantitative estimate of drug-likeness (QED) is 0.360. The first-order chi connectivity index (χ1) is 10.4. The van der Waals surface area contributed by atoms with Crippen molar-refractivity contribution >= 4 is 43.4 Å². The minimum atomic E-state index is 1.08. The van der Waals surface area contributed by atoms with Crippen molar-refractivity contribution < 1.29 is 0 Å². The Morgan fingerprint density at radius 2 is 1.48 bits per heavy atom. The fraction of sp³-hybridized carbons (Fsp3) is 0. The first-order valence-corrected chi connectivity index (χ1v) is 7.14. The van der Waals surface area contributed by atoms with Gasteiger partial charge in [-0.1, -0.05) is 54.6 Å². The molecule has 4 aromatic carbocycles. The lowest BCUT2D eigenvalue weighted by Crippen LogP contribution is -1.78. The fourth-order valence-electron chi connectivity index (χ4n) is 3.25. The van der Waals surface area contributed by atoms with Crippen molar-refractivity contribution in [3.05, 3.63) is 72.8 Å². The van der Waals surface area contributed by atoms with Crippen LogP contribution in [0.3, 0.4) is 0 Å². The molecule has 1 N–H and O–H groups in total. The molecule has 0 aliphatic carbocycles. The standard InChI is InChI=1S/C20H12N/c1-2-6-15-13(5-1)9-10-14-11-20-18(12-17(14)15)16-7-3-4-8-19(16)21-20/h1-10,12,21H. The molecule has 0 aliphatic heterocycles. The van der Waals surface area contributed by atoms with Gasteiger partial charge in [0.1, 0.15) is 0 Å². The lowest BCUT2D eigenvalue weighted by Gasteiger charge is -2.04. The molecule has 1 nitrogen and oxygen atoms in total. The van der Waals surface area contributed by atoms with Crippen molar-refractivity contribution in [1.29, 1.82) is 0 Å². The van der Waals surface area contributed by atoms with Crippen molar-refractivity contribution in [3.63, 3.8) is 0 Å². The summed E-state index contributed by atoms with van der Waals surface area (Å²) >= 11 is 0. The maximum absolute atomic E-state index is 3.54. The van der Waals surface area contributed by atoms with Crippen molar-refractivity contribution in [3.8, 4) is 0 Å². The summed E-state index contributed by atoms with van der Waals surface area (Å²) in [5, 5.41) is 7.50. The Bertz CT molecular complexity index is 1130. The van der Waals surface area contributed by atoms with Gasteiger partial charge >= 0.3 is 0 Å². The summed E-state index contributed by atoms with van der Waals surface area (Å²) in [5.74, 6) is 0. The number of fused-ring (bicyclic) bond motifs is 6. The number of hydrogen-bond acceptors (Lipinski definition) is 0. The van der Waals surface area contributed by atoms with Crippen molar-refractivity contribution in [2.45, 2.75) is 0 Å². The van der Waals surface area contributed by atoms with Crippen molar-refractivity contribution in [2.75, 3.05) is 0 Å². The molecule has 0 unspecified atom stereocenters. The van der Waals surface area contributed by atoms with E-state index in [1.165, 1.54) is 32.4 Å². The van der Waals surface area contributed by atoms with Crippen LogP contribution in [0.15, 0.2) is 66.7 Å². The third-order valence-electron chi connectivity index (χ3n) is 4.27. The molecule has 5 rings (SSSR count). The zero-order valence-electron chi connectivity index (χ0n) is 11.4. The summed E-state index contributed by atoms with van der Waals surface area (Å²) in [6.07, 6.45) is 0. The predicted molar refractivity (Wildman–Crippen MR) is 89.7 cm³/mol. The Morgan fingerprint density at radius 3 is 2.43 bits per heavy atom. The number of hydrogen-bond donors (Lipinski definition) is 1. The van der Waals surface area contributed by atoms with Crippen LogP contribution in [0.2, 0.25) is 0 Å². The van der Waals surface area contributed by atoms with Crippen LogP contribution in [0.1, 0.15) is 0 Å². The van der Waals surface area contributed by atoms with Gasteiger partial charge in [-0.3, -0.25) is 0 Å². The molecular formula is C20H12N. The topological polar surface area (TPSA) is 15.8 Å². The van der Waals surface area contributed by atoms with E-state index in [2.05, 4.69) is 77.8 Å². The molecule has 21 heavy (non-hydrogen) atoms. The highest BCUT2D eigenvalue weighted by molar-refractivity contribution is 6.16. The summed E-state index contributed by atoms with van der Waals surface area (Å²) in [4.78, 5) is 3.46. The Hall–Kier alpha value is -2.80. The van der Waals surface area contributed by atoms with Gasteiger partial charge in [0, 0.05) is 22.4 Å². The van der Waals surface area contributed by atoms with Gasteiger partial charge in [0.05, 0.1) is 5.52 Å². The number of aromatic nitrogens is 1. The Morgan fingerprint density at radius 1 is 0.667 bits per heavy atom. The summed E-state index contributed by atoms with van der Waals surface area (Å²) in [5.41, 5.74) is 2.25. The maximum atomic E-state index is 3.54. The van der Waals surface area contributed by atoms with Gasteiger partial charge < -0.3 is 4.98 Å². The van der Waals surface area contributed by atoms with E-state index in [4.69, 9.17) is 0 Å². The lowest BCUT2D eigenvalue weighted by molar-refractivity contribution is 1.55. The minimum Gasteiger partial charge on any atom is -0.354 e. The molecule has 0 bridgehead atoms. The minimum absolute atomic E-state index is 1.08. The van der Waals surface area contributed by atoms with E-state index in [1.54, 1.807) is 0 Å². The Kier molecular flexibility index (Phi) is 2.01. The summed E-state index contributed by atoms with van der Waals surface area (Å²) in [6.45, 7) is 0. The van der Waals surface area contributed by atoms with Gasteiger partial charge in [0.2, 0.25) is 0 Å². The number of para-hydroxylation sites is 1. The largest absolute Gasteiger partial charge is 0.354 e. The second kappa shape index (κ2) is 3.86. The van der Waals surface area contributed by atoms with Crippen LogP contribution in [0.5, 0.6) is 0 Å². The third-order valence-corrected chi connectivity index (χ3v) is 4.27. The SMILES string of the molecule is [c]1c2ccc3ccccc3c2cc2c1[nH]c1ccccc12. The van der Waals surface area contributed by atoms with E-state index in [-0.39, 0.29) is 0 Å². The van der Waals surface area contributed by atoms with Crippen LogP contribution in [0.25, 0.3) is 43.4 Å². The van der Waals surface area contributed by atoms with E-state index < -0.39 is 0 Å². The van der Waals surface area contributed by atoms with Crippen LogP contribution in [0.4, 0.5) is 0 Å². The lowest BCUT2D eigenvalue weighted by atomic mass is 10.00. The van der Waals surface area contributed by atoms with Gasteiger partial charge in [-0.05, 0) is 33.7 Å². The first kappa shape index (κ1) is 10.9. The van der Waals surface area contributed by atoms with Gasteiger partial charge in [0.25, 0.3) is 0 Å². The first-order valence-electron chi connectivity index (χ1n) is 7.14. The molecule has 1 aromatic heterocycles. The highest BCUT2D eigenvalue weighted by Gasteiger charge is 2.07. The molecule has 0 amide bonds. The van der Waals surface area contributed by atoms with Crippen LogP contribution in [0, 0.1) is 6.07 Å². The van der Waals surface area contributed by atoms with Crippen LogP contribution in [-0.2, 0) is 0 Å². The van der Waals surface area contributed by atoms with Crippen molar-refractivity contribution in [2.24, 2.45) is 0 Å². The van der Waals surface area contributed by atoms with Gasteiger partial charge in [0.15, 0.2) is 0 Å². The van der Waals surface area contributed by atoms with Crippen molar-refractivity contribution in [1.82, 2.24) is 4.98 Å². The molecule has 1 heterocycles. The van der Waals surface area contributed by atoms with Crippen LogP contribution < -0.4 is 0 Å². The normalized spacial score (nSPS) is 11.8. The highest BCUT2D eigenvalue weighted by Crippen LogP contribution is 2.32. The second-order valence-electron chi connectivity index (χ2n) is 5.48. The summed E-state index contributed by atoms with van der Waals surface area (Å²) in [6, 6.07) is 27.1. The Labute approximate surface area is 121 Å². The average Bonchev–Trinajstić information content (AvgIpc) is 2.90. The van der Waals surface area contributed by atoms with Crippen LogP contribution in [-0.4, -0.2) is 4.98 Å². The second-order valence-corrected chi connectivity index (χ2v) is 5.48. The molecule has 0 saturated heterocycles. The third kappa shape index (κ3) is 1.46. The zero-order valence-corrected chi connectivity index (χ0v) is 11.4. The molecule has 1 heteroatoms. The molecule has 1 radical (unpaired) electrons. The van der Waals surface area contributed by atoms with E-state index >= 15 is 0 Å². The molecule has 5 aromatic rings. The number of rotatable bonds is 0. The highest BCUT2D eigenvalue weighted by atomic mass is 14.7. The summed E-state index contributed by atoms with van der Waals surface area (Å²) in [7, 11) is 0. The maximum Gasteiger partial charge on any atom is 0.0552 e. The number of benzene rings is 4. The van der Waals surface area contributed by atoms with E-state index in [0.717, 1.165) is 10.9 Å². The number of H-pyrrole nitrogens is 1. The smallest absolute Gasteiger partial charge is 0.0552 e. The van der Waals surface area contributed by atoms with E-state index in [0.29, 0.717) is 0 Å². The molecule has 0 spiro atoms. The monoisotopic (exact) mass is 266 g/mol. The molecule has 0 saturated carbocycles. The predicted octanol–water partition coefficient (Wildman–Crippen LogP) is 5.43. The van der Waals surface area contributed by atoms with Gasteiger partial charge in [-0.2, -0.15) is 0 Å². The average molecular weight is 266 g/mol. The van der Waals surface area contributed by atoms with E-state index in [9.17, 15) is 0 Å². The molecule has 0 fully saturated rings. The van der Waals surface area contributed by atoms with E-state index in [1.807, 2.05) is 0 Å². The molecule has 0 atom stereocenters. The summed E-state index contributed by atoms with van der Waals surface area (Å²) < 4.78 is 0. The molecule has 0 aliphatic rings. The molecule has 97 valence electrons. The van der Waals surface area contributed by atoms with Gasteiger partial charge in [-0.25, -0.2) is 0 Å². The van der Waals surface area contributed by atoms with Crippen LogP contribution >= 0.6 is 0 Å². The number of aromatic amines is 1. The fourth-order valence-corrected chi connectivity index (χ4v) is 3.25.